The molecule has 0 unspecified atom stereocenters. The number of ether oxygens (including phenoxy) is 2. The number of hydrogen-bond donors (Lipinski definition) is 0. The van der Waals surface area contributed by atoms with Crippen molar-refractivity contribution in [2.75, 3.05) is 7.11 Å². The molecule has 0 aromatic heterocycles. The Morgan fingerprint density at radius 3 is 2.23 bits per heavy atom. The molecule has 0 saturated carbocycles. The van der Waals surface area contributed by atoms with Crippen LogP contribution in [-0.2, 0) is 16.1 Å². The molecule has 4 heteroatoms. The Morgan fingerprint density at radius 2 is 1.59 bits per heavy atom. The number of hydrogen-bond acceptors (Lipinski definition) is 4. The standard InChI is InChI=1S/C18H18O4/c1-21-16-9-7-15(8-10-16)17(19)11-12-18(20)22-13-14-5-3-2-4-6-14/h2-10H,11-13H2,1H3. The molecule has 114 valence electrons. The smallest absolute Gasteiger partial charge is 0.306 e. The summed E-state index contributed by atoms with van der Waals surface area (Å²) >= 11 is 0. The largest absolute Gasteiger partial charge is 0.497 e. The number of esters is 1. The number of methoxy groups -OCH3 is 1. The molecule has 0 aliphatic rings. The van der Waals surface area contributed by atoms with E-state index in [1.807, 2.05) is 30.3 Å². The van der Waals surface area contributed by atoms with Gasteiger partial charge in [-0.2, -0.15) is 0 Å². The number of rotatable bonds is 7. The van der Waals surface area contributed by atoms with Crippen LogP contribution in [0.4, 0.5) is 0 Å². The SMILES string of the molecule is COc1ccc(C(=O)CCC(=O)OCc2ccccc2)cc1. The monoisotopic (exact) mass is 298 g/mol. The molecule has 2 rings (SSSR count). The average Bonchev–Trinajstić information content (AvgIpc) is 2.58. The summed E-state index contributed by atoms with van der Waals surface area (Å²) < 4.78 is 10.2. The Labute approximate surface area is 129 Å². The van der Waals surface area contributed by atoms with E-state index in [1.54, 1.807) is 31.4 Å². The quantitative estimate of drug-likeness (QED) is 0.580. The second-order valence-electron chi connectivity index (χ2n) is 4.80. The molecule has 2 aromatic carbocycles. The van der Waals surface area contributed by atoms with E-state index in [4.69, 9.17) is 9.47 Å². The van der Waals surface area contributed by atoms with Gasteiger partial charge in [0.05, 0.1) is 13.5 Å². The van der Waals surface area contributed by atoms with Crippen molar-refractivity contribution in [2.24, 2.45) is 0 Å². The van der Waals surface area contributed by atoms with Crippen LogP contribution in [0.15, 0.2) is 54.6 Å². The molecule has 0 fully saturated rings. The lowest BCUT2D eigenvalue weighted by atomic mass is 10.1. The maximum absolute atomic E-state index is 12.0. The van der Waals surface area contributed by atoms with Gasteiger partial charge in [-0.05, 0) is 29.8 Å². The predicted octanol–water partition coefficient (Wildman–Crippen LogP) is 3.40. The minimum absolute atomic E-state index is 0.0810. The van der Waals surface area contributed by atoms with Crippen molar-refractivity contribution in [3.05, 3.63) is 65.7 Å². The Bertz CT molecular complexity index is 617. The van der Waals surface area contributed by atoms with Crippen LogP contribution in [0.3, 0.4) is 0 Å². The van der Waals surface area contributed by atoms with Crippen molar-refractivity contribution in [3.63, 3.8) is 0 Å². The fourth-order valence-electron chi connectivity index (χ4n) is 1.95. The first-order valence-corrected chi connectivity index (χ1v) is 7.06. The lowest BCUT2D eigenvalue weighted by Gasteiger charge is -2.05. The summed E-state index contributed by atoms with van der Waals surface area (Å²) in [6.07, 6.45) is 0.220. The second-order valence-corrected chi connectivity index (χ2v) is 4.80. The van der Waals surface area contributed by atoms with Gasteiger partial charge in [-0.15, -0.1) is 0 Å². The maximum atomic E-state index is 12.0. The fourth-order valence-corrected chi connectivity index (χ4v) is 1.95. The minimum Gasteiger partial charge on any atom is -0.497 e. The molecule has 0 heterocycles. The number of carbonyl (C=O) groups excluding carboxylic acids is 2. The van der Waals surface area contributed by atoms with Crippen LogP contribution in [0.5, 0.6) is 5.75 Å². The molecule has 0 aliphatic carbocycles. The first-order chi connectivity index (χ1) is 10.7. The summed E-state index contributed by atoms with van der Waals surface area (Å²) in [7, 11) is 1.57. The summed E-state index contributed by atoms with van der Waals surface area (Å²) in [6, 6.07) is 16.3. The third-order valence-electron chi connectivity index (χ3n) is 3.21. The van der Waals surface area contributed by atoms with E-state index in [0.29, 0.717) is 11.3 Å². The van der Waals surface area contributed by atoms with Gasteiger partial charge in [0.15, 0.2) is 5.78 Å². The molecule has 4 nitrogen and oxygen atoms in total. The van der Waals surface area contributed by atoms with Crippen LogP contribution >= 0.6 is 0 Å². The van der Waals surface area contributed by atoms with Gasteiger partial charge >= 0.3 is 5.97 Å². The molecule has 0 atom stereocenters. The molecule has 0 radical (unpaired) electrons. The zero-order valence-electron chi connectivity index (χ0n) is 12.5. The van der Waals surface area contributed by atoms with Crippen LogP contribution in [-0.4, -0.2) is 18.9 Å². The van der Waals surface area contributed by atoms with Crippen LogP contribution in [0, 0.1) is 0 Å². The van der Waals surface area contributed by atoms with E-state index in [2.05, 4.69) is 0 Å². The predicted molar refractivity (Wildman–Crippen MR) is 82.8 cm³/mol. The molecule has 22 heavy (non-hydrogen) atoms. The highest BCUT2D eigenvalue weighted by Gasteiger charge is 2.10. The summed E-state index contributed by atoms with van der Waals surface area (Å²) in [4.78, 5) is 23.6. The van der Waals surface area contributed by atoms with E-state index in [9.17, 15) is 9.59 Å². The molecular formula is C18H18O4. The van der Waals surface area contributed by atoms with E-state index >= 15 is 0 Å². The Kier molecular flexibility index (Phi) is 5.72. The van der Waals surface area contributed by atoms with E-state index in [-0.39, 0.29) is 31.2 Å². The molecule has 0 saturated heterocycles. The van der Waals surface area contributed by atoms with Gasteiger partial charge in [-0.1, -0.05) is 30.3 Å². The number of Topliss-reactive ketones (excluding diaryl/α,β-unsaturated/α-hetero) is 1. The normalized spacial score (nSPS) is 10.0. The van der Waals surface area contributed by atoms with Crippen LogP contribution in [0.1, 0.15) is 28.8 Å². The highest BCUT2D eigenvalue weighted by molar-refractivity contribution is 5.97. The molecule has 2 aromatic rings. The van der Waals surface area contributed by atoms with Crippen molar-refractivity contribution in [3.8, 4) is 5.75 Å². The third-order valence-corrected chi connectivity index (χ3v) is 3.21. The van der Waals surface area contributed by atoms with Gasteiger partial charge in [-0.25, -0.2) is 0 Å². The molecule has 0 spiro atoms. The number of ketones is 1. The Morgan fingerprint density at radius 1 is 0.909 bits per heavy atom. The van der Waals surface area contributed by atoms with Gasteiger partial charge in [0, 0.05) is 12.0 Å². The third kappa shape index (κ3) is 4.74. The molecule has 0 aliphatic heterocycles. The first kappa shape index (κ1) is 15.8. The summed E-state index contributed by atoms with van der Waals surface area (Å²) in [5.41, 5.74) is 1.49. The molecule has 0 bridgehead atoms. The van der Waals surface area contributed by atoms with Gasteiger partial charge in [0.2, 0.25) is 0 Å². The Hall–Kier alpha value is -2.62. The zero-order valence-corrected chi connectivity index (χ0v) is 12.5. The van der Waals surface area contributed by atoms with Crippen molar-refractivity contribution in [2.45, 2.75) is 19.4 Å². The van der Waals surface area contributed by atoms with Crippen molar-refractivity contribution >= 4 is 11.8 Å². The second kappa shape index (κ2) is 7.98. The lowest BCUT2D eigenvalue weighted by Crippen LogP contribution is -2.08. The zero-order chi connectivity index (χ0) is 15.8. The van der Waals surface area contributed by atoms with Gasteiger partial charge in [-0.3, -0.25) is 9.59 Å². The van der Waals surface area contributed by atoms with E-state index in [0.717, 1.165) is 5.56 Å². The highest BCUT2D eigenvalue weighted by Crippen LogP contribution is 2.13. The van der Waals surface area contributed by atoms with E-state index < -0.39 is 0 Å². The topological polar surface area (TPSA) is 52.6 Å². The average molecular weight is 298 g/mol. The number of carbonyl (C=O) groups is 2. The minimum atomic E-state index is -0.370. The Balaban J connectivity index is 1.76. The summed E-state index contributed by atoms with van der Waals surface area (Å²) in [5.74, 6) is 0.240. The highest BCUT2D eigenvalue weighted by atomic mass is 16.5. The van der Waals surface area contributed by atoms with Crippen LogP contribution in [0.25, 0.3) is 0 Å². The van der Waals surface area contributed by atoms with Gasteiger partial charge in [0.25, 0.3) is 0 Å². The van der Waals surface area contributed by atoms with Crippen molar-refractivity contribution < 1.29 is 19.1 Å². The first-order valence-electron chi connectivity index (χ1n) is 7.06. The molecular weight excluding hydrogens is 280 g/mol. The van der Waals surface area contributed by atoms with Crippen molar-refractivity contribution in [1.29, 1.82) is 0 Å². The van der Waals surface area contributed by atoms with Crippen molar-refractivity contribution in [1.82, 2.24) is 0 Å². The number of benzene rings is 2. The van der Waals surface area contributed by atoms with Crippen LogP contribution < -0.4 is 4.74 Å². The lowest BCUT2D eigenvalue weighted by molar-refractivity contribution is -0.144. The summed E-state index contributed by atoms with van der Waals surface area (Å²) in [6.45, 7) is 0.233. The summed E-state index contributed by atoms with van der Waals surface area (Å²) in [5, 5.41) is 0. The fraction of sp³-hybridized carbons (Fsp3) is 0.222. The maximum Gasteiger partial charge on any atom is 0.306 e. The van der Waals surface area contributed by atoms with Gasteiger partial charge < -0.3 is 9.47 Å². The molecule has 0 N–H and O–H groups in total. The van der Waals surface area contributed by atoms with Gasteiger partial charge in [0.1, 0.15) is 12.4 Å². The molecule has 0 amide bonds. The van der Waals surface area contributed by atoms with E-state index in [1.165, 1.54) is 0 Å². The van der Waals surface area contributed by atoms with Crippen LogP contribution in [0.2, 0.25) is 0 Å².